The number of hydrogen-bond donors (Lipinski definition) is 1. The zero-order valence-electron chi connectivity index (χ0n) is 12.3. The molecule has 0 bridgehead atoms. The maximum atomic E-state index is 11.7. The standard InChI is InChI=1S/C15H19NO5/c1-4-12(15(19)20-5-2)21-13-8-6-10(3)16-11(13)7-9-14(17)18/h6-9,12H,4-5H2,1-3H3,(H,17,18). The van der Waals surface area contributed by atoms with Crippen molar-refractivity contribution >= 4 is 18.0 Å². The van der Waals surface area contributed by atoms with Gasteiger partial charge in [0.15, 0.2) is 6.10 Å². The van der Waals surface area contributed by atoms with Crippen LogP contribution in [0.5, 0.6) is 5.75 Å². The summed E-state index contributed by atoms with van der Waals surface area (Å²) in [5.74, 6) is -1.19. The van der Waals surface area contributed by atoms with E-state index in [0.29, 0.717) is 17.9 Å². The second kappa shape index (κ2) is 8.04. The van der Waals surface area contributed by atoms with E-state index in [-0.39, 0.29) is 6.61 Å². The van der Waals surface area contributed by atoms with E-state index >= 15 is 0 Å². The molecule has 0 saturated heterocycles. The number of carboxylic acid groups (broad SMARTS) is 1. The van der Waals surface area contributed by atoms with Crippen molar-refractivity contribution < 1.29 is 24.2 Å². The van der Waals surface area contributed by atoms with Gasteiger partial charge >= 0.3 is 11.9 Å². The summed E-state index contributed by atoms with van der Waals surface area (Å²) in [6.07, 6.45) is 2.00. The summed E-state index contributed by atoms with van der Waals surface area (Å²) in [4.78, 5) is 26.6. The molecule has 6 nitrogen and oxygen atoms in total. The third-order valence-electron chi connectivity index (χ3n) is 2.60. The van der Waals surface area contributed by atoms with Crippen molar-refractivity contribution in [3.05, 3.63) is 29.6 Å². The highest BCUT2D eigenvalue weighted by Crippen LogP contribution is 2.21. The van der Waals surface area contributed by atoms with Gasteiger partial charge in [-0.2, -0.15) is 0 Å². The van der Waals surface area contributed by atoms with Gasteiger partial charge in [0.05, 0.1) is 6.61 Å². The van der Waals surface area contributed by atoms with Crippen LogP contribution in [0.15, 0.2) is 18.2 Å². The predicted molar refractivity (Wildman–Crippen MR) is 77.0 cm³/mol. The van der Waals surface area contributed by atoms with Crippen molar-refractivity contribution in [2.45, 2.75) is 33.3 Å². The number of esters is 1. The Morgan fingerprint density at radius 2 is 2.10 bits per heavy atom. The monoisotopic (exact) mass is 293 g/mol. The highest BCUT2D eigenvalue weighted by Gasteiger charge is 2.20. The quantitative estimate of drug-likeness (QED) is 0.612. The molecule has 1 aromatic rings. The molecule has 1 rings (SSSR count). The first kappa shape index (κ1) is 16.7. The number of pyridine rings is 1. The van der Waals surface area contributed by atoms with E-state index in [0.717, 1.165) is 11.8 Å². The minimum atomic E-state index is -1.08. The molecule has 1 atom stereocenters. The Morgan fingerprint density at radius 1 is 1.38 bits per heavy atom. The zero-order valence-corrected chi connectivity index (χ0v) is 12.3. The van der Waals surface area contributed by atoms with Crippen LogP contribution in [0, 0.1) is 6.92 Å². The van der Waals surface area contributed by atoms with Gasteiger partial charge in [-0.1, -0.05) is 6.92 Å². The minimum absolute atomic E-state index is 0.274. The summed E-state index contributed by atoms with van der Waals surface area (Å²) in [6, 6.07) is 3.39. The Morgan fingerprint density at radius 3 is 2.67 bits per heavy atom. The van der Waals surface area contributed by atoms with Gasteiger partial charge in [-0.15, -0.1) is 0 Å². The van der Waals surface area contributed by atoms with Crippen LogP contribution in [-0.2, 0) is 14.3 Å². The lowest BCUT2D eigenvalue weighted by molar-refractivity contribution is -0.151. The normalized spacial score (nSPS) is 12.1. The van der Waals surface area contributed by atoms with Gasteiger partial charge in [-0.05, 0) is 38.5 Å². The van der Waals surface area contributed by atoms with E-state index < -0.39 is 18.0 Å². The van der Waals surface area contributed by atoms with Gasteiger partial charge in [0, 0.05) is 11.8 Å². The van der Waals surface area contributed by atoms with Crippen LogP contribution in [0.2, 0.25) is 0 Å². The lowest BCUT2D eigenvalue weighted by Crippen LogP contribution is -2.29. The molecule has 0 amide bonds. The van der Waals surface area contributed by atoms with Crippen LogP contribution in [0.1, 0.15) is 31.7 Å². The lowest BCUT2D eigenvalue weighted by Gasteiger charge is -2.17. The van der Waals surface area contributed by atoms with Gasteiger partial charge in [0.1, 0.15) is 11.4 Å². The summed E-state index contributed by atoms with van der Waals surface area (Å²) in [5.41, 5.74) is 1.08. The second-order valence-electron chi connectivity index (χ2n) is 4.27. The van der Waals surface area contributed by atoms with Crippen molar-refractivity contribution in [2.75, 3.05) is 6.61 Å². The fourth-order valence-electron chi connectivity index (χ4n) is 1.62. The van der Waals surface area contributed by atoms with Crippen LogP contribution >= 0.6 is 0 Å². The number of aliphatic carboxylic acids is 1. The molecule has 0 radical (unpaired) electrons. The SMILES string of the molecule is CCOC(=O)C(CC)Oc1ccc(C)nc1C=CC(=O)O. The number of aryl methyl sites for hydroxylation is 1. The third kappa shape index (κ3) is 5.25. The van der Waals surface area contributed by atoms with E-state index in [1.165, 1.54) is 6.08 Å². The molecule has 0 aromatic carbocycles. The molecule has 0 aliphatic heterocycles. The van der Waals surface area contributed by atoms with Crippen LogP contribution in [-0.4, -0.2) is 34.7 Å². The Labute approximate surface area is 123 Å². The topological polar surface area (TPSA) is 85.7 Å². The molecule has 1 N–H and O–H groups in total. The van der Waals surface area contributed by atoms with Crippen LogP contribution < -0.4 is 4.74 Å². The first-order chi connectivity index (χ1) is 9.97. The average molecular weight is 293 g/mol. The Balaban J connectivity index is 3.00. The number of hydrogen-bond acceptors (Lipinski definition) is 5. The maximum absolute atomic E-state index is 11.7. The number of carboxylic acids is 1. The molecule has 0 aliphatic carbocycles. The summed E-state index contributed by atoms with van der Waals surface area (Å²) >= 11 is 0. The van der Waals surface area contributed by atoms with E-state index in [2.05, 4.69) is 4.98 Å². The van der Waals surface area contributed by atoms with Crippen molar-refractivity contribution in [1.29, 1.82) is 0 Å². The van der Waals surface area contributed by atoms with Gasteiger partial charge in [0.2, 0.25) is 0 Å². The number of ether oxygens (including phenoxy) is 2. The minimum Gasteiger partial charge on any atom is -0.478 e. The largest absolute Gasteiger partial charge is 0.478 e. The van der Waals surface area contributed by atoms with Crippen LogP contribution in [0.3, 0.4) is 0 Å². The summed E-state index contributed by atoms with van der Waals surface area (Å²) in [7, 11) is 0. The number of aromatic nitrogens is 1. The van der Waals surface area contributed by atoms with E-state index in [1.54, 1.807) is 32.9 Å². The number of carbonyl (C=O) groups is 2. The van der Waals surface area contributed by atoms with Gasteiger partial charge in [-0.3, -0.25) is 0 Å². The molecule has 1 unspecified atom stereocenters. The molecular formula is C15H19NO5. The molecule has 0 saturated carbocycles. The summed E-state index contributed by atoms with van der Waals surface area (Å²) in [5, 5.41) is 8.69. The Kier molecular flexibility index (Phi) is 6.39. The Hall–Kier alpha value is -2.37. The second-order valence-corrected chi connectivity index (χ2v) is 4.27. The average Bonchev–Trinajstić information content (AvgIpc) is 2.44. The van der Waals surface area contributed by atoms with Gasteiger partial charge in [0.25, 0.3) is 0 Å². The first-order valence-electron chi connectivity index (χ1n) is 6.69. The summed E-state index contributed by atoms with van der Waals surface area (Å²) in [6.45, 7) is 5.58. The van der Waals surface area contributed by atoms with Crippen LogP contribution in [0.4, 0.5) is 0 Å². The van der Waals surface area contributed by atoms with E-state index in [4.69, 9.17) is 14.6 Å². The zero-order chi connectivity index (χ0) is 15.8. The van der Waals surface area contributed by atoms with E-state index in [1.807, 2.05) is 0 Å². The van der Waals surface area contributed by atoms with Crippen LogP contribution in [0.25, 0.3) is 6.08 Å². The summed E-state index contributed by atoms with van der Waals surface area (Å²) < 4.78 is 10.5. The fourth-order valence-corrected chi connectivity index (χ4v) is 1.62. The number of rotatable bonds is 7. The van der Waals surface area contributed by atoms with Crippen molar-refractivity contribution in [2.24, 2.45) is 0 Å². The van der Waals surface area contributed by atoms with E-state index in [9.17, 15) is 9.59 Å². The highest BCUT2D eigenvalue weighted by atomic mass is 16.6. The maximum Gasteiger partial charge on any atom is 0.347 e. The molecule has 114 valence electrons. The third-order valence-corrected chi connectivity index (χ3v) is 2.60. The molecule has 0 spiro atoms. The molecule has 0 aliphatic rings. The smallest absolute Gasteiger partial charge is 0.347 e. The molecule has 1 heterocycles. The molecule has 0 fully saturated rings. The lowest BCUT2D eigenvalue weighted by atomic mass is 10.2. The van der Waals surface area contributed by atoms with Crippen molar-refractivity contribution in [1.82, 2.24) is 4.98 Å². The van der Waals surface area contributed by atoms with Crippen molar-refractivity contribution in [3.8, 4) is 5.75 Å². The molecule has 6 heteroatoms. The number of nitrogens with zero attached hydrogens (tertiary/aromatic N) is 1. The first-order valence-corrected chi connectivity index (χ1v) is 6.69. The van der Waals surface area contributed by atoms with Gasteiger partial charge in [-0.25, -0.2) is 14.6 Å². The van der Waals surface area contributed by atoms with Crippen molar-refractivity contribution in [3.63, 3.8) is 0 Å². The fraction of sp³-hybridized carbons (Fsp3) is 0.400. The predicted octanol–water partition coefficient (Wildman–Crippen LogP) is 2.21. The molecule has 21 heavy (non-hydrogen) atoms. The number of carbonyl (C=O) groups excluding carboxylic acids is 1. The highest BCUT2D eigenvalue weighted by molar-refractivity contribution is 5.85. The van der Waals surface area contributed by atoms with Gasteiger partial charge < -0.3 is 14.6 Å². The molecular weight excluding hydrogens is 274 g/mol. The molecule has 1 aromatic heterocycles. The Bertz CT molecular complexity index is 539.